The number of methoxy groups -OCH3 is 3. The average molecular weight is 367 g/mol. The Bertz CT molecular complexity index is 784. The van der Waals surface area contributed by atoms with Crippen molar-refractivity contribution in [3.05, 3.63) is 28.5 Å². The number of ether oxygens (including phenoxy) is 4. The van der Waals surface area contributed by atoms with Crippen LogP contribution in [0.25, 0.3) is 0 Å². The number of rotatable bonds is 3. The largest absolute Gasteiger partial charge is 0.500 e. The second kappa shape index (κ2) is 6.26. The first-order valence-electron chi connectivity index (χ1n) is 7.81. The van der Waals surface area contributed by atoms with Gasteiger partial charge < -0.3 is 18.9 Å². The third kappa shape index (κ3) is 2.39. The maximum atomic E-state index is 13.5. The summed E-state index contributed by atoms with van der Waals surface area (Å²) in [4.78, 5) is 25.4. The number of carbonyl (C=O) groups excluding carboxylic acids is 2. The van der Waals surface area contributed by atoms with Crippen molar-refractivity contribution in [2.45, 2.75) is 13.3 Å². The summed E-state index contributed by atoms with van der Waals surface area (Å²) < 4.78 is 21.9. The van der Waals surface area contributed by atoms with Gasteiger partial charge in [-0.2, -0.15) is 0 Å². The number of allylic oxidation sites excluding steroid dienone is 1. The van der Waals surface area contributed by atoms with Crippen LogP contribution in [0.5, 0.6) is 17.2 Å². The molecule has 0 N–H and O–H groups in total. The first-order chi connectivity index (χ1) is 11.9. The zero-order valence-electron chi connectivity index (χ0n) is 14.5. The number of halogens is 1. The monoisotopic (exact) mass is 366 g/mol. The van der Waals surface area contributed by atoms with Crippen molar-refractivity contribution < 1.29 is 28.5 Å². The van der Waals surface area contributed by atoms with E-state index in [0.717, 1.165) is 0 Å². The summed E-state index contributed by atoms with van der Waals surface area (Å²) in [6.45, 7) is 1.87. The molecule has 2 atom stereocenters. The van der Waals surface area contributed by atoms with Crippen LogP contribution in [0, 0.1) is 11.3 Å². The molecule has 0 saturated carbocycles. The zero-order valence-corrected chi connectivity index (χ0v) is 15.2. The van der Waals surface area contributed by atoms with Gasteiger partial charge in [0.1, 0.15) is 39.9 Å². The molecule has 7 heteroatoms. The quantitative estimate of drug-likeness (QED) is 0.818. The van der Waals surface area contributed by atoms with Crippen molar-refractivity contribution in [1.29, 1.82) is 0 Å². The van der Waals surface area contributed by atoms with Gasteiger partial charge in [0.15, 0.2) is 17.3 Å². The third-order valence-electron chi connectivity index (χ3n) is 4.97. The molecule has 0 fully saturated rings. The molecule has 2 unspecified atom stereocenters. The number of Topliss-reactive ketones (excluding diaryl/α,β-unsaturated/α-hetero) is 1. The van der Waals surface area contributed by atoms with Crippen LogP contribution in [-0.2, 0) is 9.53 Å². The van der Waals surface area contributed by atoms with Gasteiger partial charge in [0.2, 0.25) is 0 Å². The van der Waals surface area contributed by atoms with Gasteiger partial charge in [0, 0.05) is 18.6 Å². The number of fused-ring (bicyclic) bond motifs is 1. The lowest BCUT2D eigenvalue weighted by atomic mass is 9.64. The summed E-state index contributed by atoms with van der Waals surface area (Å²) >= 11 is 6.32. The minimum absolute atomic E-state index is 0.0307. The van der Waals surface area contributed by atoms with Crippen molar-refractivity contribution in [3.8, 4) is 17.2 Å². The van der Waals surface area contributed by atoms with Crippen LogP contribution < -0.4 is 14.2 Å². The molecule has 3 rings (SSSR count). The first kappa shape index (κ1) is 17.6. The Balaban J connectivity index is 2.24. The van der Waals surface area contributed by atoms with E-state index in [4.69, 9.17) is 30.5 Å². The Morgan fingerprint density at radius 2 is 1.84 bits per heavy atom. The molecule has 1 spiro atoms. The highest BCUT2D eigenvalue weighted by molar-refractivity contribution is 6.34. The number of hydrogen-bond donors (Lipinski definition) is 0. The molecule has 1 aliphatic heterocycles. The maximum absolute atomic E-state index is 13.5. The van der Waals surface area contributed by atoms with Crippen LogP contribution in [-0.4, -0.2) is 39.5 Å². The van der Waals surface area contributed by atoms with E-state index in [2.05, 4.69) is 0 Å². The molecule has 0 radical (unpaired) electrons. The standard InChI is InChI=1S/C18H19ClO6/c1-9-5-10(20)6-13(24-4)18(9)8-25-16-14(17(18)21)11(22-2)7-12(23-3)15(16)19/h6-7,9H,5,8H2,1-4H3. The molecule has 1 aromatic carbocycles. The van der Waals surface area contributed by atoms with Gasteiger partial charge in [-0.15, -0.1) is 0 Å². The van der Waals surface area contributed by atoms with E-state index < -0.39 is 5.41 Å². The first-order valence-corrected chi connectivity index (χ1v) is 8.19. The average Bonchev–Trinajstić information content (AvgIpc) is 2.60. The van der Waals surface area contributed by atoms with Gasteiger partial charge in [-0.25, -0.2) is 0 Å². The predicted molar refractivity (Wildman–Crippen MR) is 90.7 cm³/mol. The smallest absolute Gasteiger partial charge is 0.187 e. The number of benzene rings is 1. The molecule has 1 heterocycles. The van der Waals surface area contributed by atoms with Crippen LogP contribution in [0.2, 0.25) is 5.02 Å². The second-order valence-electron chi connectivity index (χ2n) is 6.17. The highest BCUT2D eigenvalue weighted by atomic mass is 35.5. The fourth-order valence-corrected chi connectivity index (χ4v) is 3.85. The summed E-state index contributed by atoms with van der Waals surface area (Å²) in [7, 11) is 4.37. The Hall–Kier alpha value is -2.21. The highest BCUT2D eigenvalue weighted by Gasteiger charge is 2.56. The van der Waals surface area contributed by atoms with E-state index in [1.54, 1.807) is 6.07 Å². The highest BCUT2D eigenvalue weighted by Crippen LogP contribution is 2.53. The van der Waals surface area contributed by atoms with E-state index in [-0.39, 0.29) is 46.8 Å². The summed E-state index contributed by atoms with van der Waals surface area (Å²) in [6.07, 6.45) is 1.62. The molecule has 0 bridgehead atoms. The lowest BCUT2D eigenvalue weighted by molar-refractivity contribution is -0.117. The van der Waals surface area contributed by atoms with E-state index in [1.807, 2.05) is 6.92 Å². The summed E-state index contributed by atoms with van der Waals surface area (Å²) in [5.41, 5.74) is -0.843. The molecule has 0 aromatic heterocycles. The summed E-state index contributed by atoms with van der Waals surface area (Å²) in [5, 5.41) is 0.212. The molecule has 1 aliphatic carbocycles. The SMILES string of the molecule is COC1=CC(=O)CC(C)C12COc1c(Cl)c(OC)cc(OC)c1C2=O. The van der Waals surface area contributed by atoms with Crippen molar-refractivity contribution >= 4 is 23.2 Å². The fourth-order valence-electron chi connectivity index (χ4n) is 3.57. The molecule has 0 amide bonds. The Morgan fingerprint density at radius 1 is 1.16 bits per heavy atom. The van der Waals surface area contributed by atoms with Crippen LogP contribution in [0.3, 0.4) is 0 Å². The topological polar surface area (TPSA) is 71.1 Å². The number of hydrogen-bond acceptors (Lipinski definition) is 6. The molecule has 134 valence electrons. The van der Waals surface area contributed by atoms with Gasteiger partial charge in [-0.3, -0.25) is 9.59 Å². The van der Waals surface area contributed by atoms with Crippen LogP contribution >= 0.6 is 11.6 Å². The number of carbonyl (C=O) groups is 2. The molecule has 6 nitrogen and oxygen atoms in total. The Morgan fingerprint density at radius 3 is 2.44 bits per heavy atom. The van der Waals surface area contributed by atoms with Crippen molar-refractivity contribution in [2.24, 2.45) is 11.3 Å². The van der Waals surface area contributed by atoms with Crippen molar-refractivity contribution in [1.82, 2.24) is 0 Å². The van der Waals surface area contributed by atoms with Gasteiger partial charge in [0.25, 0.3) is 0 Å². The molecule has 2 aliphatic rings. The summed E-state index contributed by atoms with van der Waals surface area (Å²) in [6, 6.07) is 1.55. The van der Waals surface area contributed by atoms with Crippen LogP contribution in [0.4, 0.5) is 0 Å². The molecular formula is C18H19ClO6. The fraction of sp³-hybridized carbons (Fsp3) is 0.444. The maximum Gasteiger partial charge on any atom is 0.187 e. The second-order valence-corrected chi connectivity index (χ2v) is 6.55. The lowest BCUT2D eigenvalue weighted by Crippen LogP contribution is -2.50. The number of ketones is 2. The molecule has 1 aromatic rings. The van der Waals surface area contributed by atoms with E-state index >= 15 is 0 Å². The zero-order chi connectivity index (χ0) is 18.4. The molecule has 0 saturated heterocycles. The van der Waals surface area contributed by atoms with Crippen molar-refractivity contribution in [2.75, 3.05) is 27.9 Å². The third-order valence-corrected chi connectivity index (χ3v) is 5.33. The van der Waals surface area contributed by atoms with Crippen LogP contribution in [0.15, 0.2) is 17.9 Å². The normalized spacial score (nSPS) is 25.2. The van der Waals surface area contributed by atoms with Gasteiger partial charge in [-0.1, -0.05) is 18.5 Å². The lowest BCUT2D eigenvalue weighted by Gasteiger charge is -2.43. The van der Waals surface area contributed by atoms with Gasteiger partial charge in [0.05, 0.1) is 21.3 Å². The minimum atomic E-state index is -1.08. The Labute approximate surface area is 150 Å². The van der Waals surface area contributed by atoms with Gasteiger partial charge in [-0.05, 0) is 5.92 Å². The van der Waals surface area contributed by atoms with E-state index in [1.165, 1.54) is 27.4 Å². The predicted octanol–water partition coefficient (Wildman–Crippen LogP) is 3.06. The summed E-state index contributed by atoms with van der Waals surface area (Å²) in [5.74, 6) is 0.604. The molecule has 25 heavy (non-hydrogen) atoms. The van der Waals surface area contributed by atoms with Crippen molar-refractivity contribution in [3.63, 3.8) is 0 Å². The van der Waals surface area contributed by atoms with Gasteiger partial charge >= 0.3 is 0 Å². The van der Waals surface area contributed by atoms with E-state index in [0.29, 0.717) is 17.3 Å². The van der Waals surface area contributed by atoms with Crippen LogP contribution in [0.1, 0.15) is 23.7 Å². The van der Waals surface area contributed by atoms with E-state index in [9.17, 15) is 9.59 Å². The molecular weight excluding hydrogens is 348 g/mol. The Kier molecular flexibility index (Phi) is 4.41. The minimum Gasteiger partial charge on any atom is -0.500 e.